The summed E-state index contributed by atoms with van der Waals surface area (Å²) in [5, 5.41) is 3.97. The number of likely N-dealkylation sites (N-methyl/N-ethyl adjacent to an activating group) is 1. The minimum absolute atomic E-state index is 0.0832. The summed E-state index contributed by atoms with van der Waals surface area (Å²) >= 11 is 0. The highest BCUT2D eigenvalue weighted by Gasteiger charge is 2.46. The maximum atomic E-state index is 5.42. The van der Waals surface area contributed by atoms with E-state index in [9.17, 15) is 0 Å². The van der Waals surface area contributed by atoms with Gasteiger partial charge in [0, 0.05) is 48.0 Å². The summed E-state index contributed by atoms with van der Waals surface area (Å²) in [5.41, 5.74) is 12.5. The van der Waals surface area contributed by atoms with Crippen molar-refractivity contribution in [2.75, 3.05) is 11.9 Å². The fourth-order valence-corrected chi connectivity index (χ4v) is 10.1. The largest absolute Gasteiger partial charge is 0.366 e. The van der Waals surface area contributed by atoms with Gasteiger partial charge in [0.15, 0.2) is 0 Å². The minimum atomic E-state index is 0.0832. The number of nitrogens with zero attached hydrogens (tertiary/aromatic N) is 3. The number of benzene rings is 2. The topological polar surface area (TPSA) is 30.9 Å². The smallest absolute Gasteiger partial charge is 0.132 e. The van der Waals surface area contributed by atoms with Crippen LogP contribution in [0.5, 0.6) is 0 Å². The molecule has 2 aromatic rings. The van der Waals surface area contributed by atoms with Gasteiger partial charge in [-0.25, -0.2) is 0 Å². The van der Waals surface area contributed by atoms with Gasteiger partial charge in [0.2, 0.25) is 0 Å². The second-order valence-corrected chi connectivity index (χ2v) is 15.6. The number of para-hydroxylation sites is 1. The normalized spacial score (nSPS) is 31.2. The van der Waals surface area contributed by atoms with Crippen LogP contribution in [-0.4, -0.2) is 29.9 Å². The highest BCUT2D eigenvalue weighted by atomic mass is 15.4. The zero-order chi connectivity index (χ0) is 34.6. The maximum absolute atomic E-state index is 5.42. The Morgan fingerprint density at radius 1 is 0.750 bits per heavy atom. The molecule has 0 amide bonds. The van der Waals surface area contributed by atoms with Gasteiger partial charge >= 0.3 is 0 Å². The first-order valence-corrected chi connectivity index (χ1v) is 19.6. The summed E-state index contributed by atoms with van der Waals surface area (Å²) in [6.45, 7) is 0. The fraction of sp³-hybridized carbons (Fsp3) is 0.312. The molecule has 8 aliphatic rings. The first-order chi connectivity index (χ1) is 25.7. The van der Waals surface area contributed by atoms with E-state index in [1.165, 1.54) is 44.9 Å². The molecule has 7 unspecified atom stereocenters. The second-order valence-electron chi connectivity index (χ2n) is 15.6. The molecule has 7 atom stereocenters. The molecule has 0 radical (unpaired) electrons. The highest BCUT2D eigenvalue weighted by molar-refractivity contribution is 5.99. The summed E-state index contributed by atoms with van der Waals surface area (Å²) in [5.74, 6) is 2.74. The third-order valence-corrected chi connectivity index (χ3v) is 12.7. The Hall–Kier alpha value is -5.09. The molecule has 2 aromatic carbocycles. The minimum Gasteiger partial charge on any atom is -0.366 e. The lowest BCUT2D eigenvalue weighted by atomic mass is 9.76. The van der Waals surface area contributed by atoms with Gasteiger partial charge in [-0.2, -0.15) is 0 Å². The highest BCUT2D eigenvalue weighted by Crippen LogP contribution is 2.55. The quantitative estimate of drug-likeness (QED) is 0.341. The first kappa shape index (κ1) is 31.6. The van der Waals surface area contributed by atoms with Crippen LogP contribution in [0.4, 0.5) is 5.69 Å². The van der Waals surface area contributed by atoms with Crippen LogP contribution in [0, 0.1) is 17.8 Å². The van der Waals surface area contributed by atoms with Crippen molar-refractivity contribution in [3.05, 3.63) is 184 Å². The molecule has 4 heteroatoms. The zero-order valence-electron chi connectivity index (χ0n) is 30.1. The van der Waals surface area contributed by atoms with Crippen LogP contribution in [-0.2, 0) is 0 Å². The van der Waals surface area contributed by atoms with E-state index in [-0.39, 0.29) is 12.2 Å². The molecule has 1 saturated heterocycles. The number of hydrogen-bond donors (Lipinski definition) is 1. The molecule has 4 nitrogen and oxygen atoms in total. The molecule has 260 valence electrons. The lowest BCUT2D eigenvalue weighted by molar-refractivity contribution is 0.359. The Morgan fingerprint density at radius 3 is 2.42 bits per heavy atom. The Morgan fingerprint density at radius 2 is 1.62 bits per heavy atom. The number of anilines is 1. The zero-order valence-corrected chi connectivity index (χ0v) is 30.1. The summed E-state index contributed by atoms with van der Waals surface area (Å²) < 4.78 is 0. The van der Waals surface area contributed by atoms with Gasteiger partial charge < -0.3 is 15.1 Å². The Bertz CT molecular complexity index is 2110. The number of aliphatic imine (C=N–C) groups is 1. The lowest BCUT2D eigenvalue weighted by Crippen LogP contribution is -2.47. The van der Waals surface area contributed by atoms with Crippen molar-refractivity contribution in [3.63, 3.8) is 0 Å². The van der Waals surface area contributed by atoms with Gasteiger partial charge in [-0.15, -0.1) is 0 Å². The lowest BCUT2D eigenvalue weighted by Gasteiger charge is -2.36. The number of nitrogens with one attached hydrogen (secondary N) is 1. The predicted molar refractivity (Wildman–Crippen MR) is 215 cm³/mol. The van der Waals surface area contributed by atoms with Crippen molar-refractivity contribution >= 4 is 11.5 Å². The van der Waals surface area contributed by atoms with E-state index in [0.717, 1.165) is 50.8 Å². The fourth-order valence-electron chi connectivity index (χ4n) is 10.1. The third kappa shape index (κ3) is 5.38. The summed E-state index contributed by atoms with van der Waals surface area (Å²) in [6, 6.07) is 19.0. The van der Waals surface area contributed by atoms with Gasteiger partial charge in [0.05, 0.1) is 17.4 Å². The number of amidine groups is 1. The summed E-state index contributed by atoms with van der Waals surface area (Å²) in [7, 11) is 2.29. The SMILES string of the molecule is CN1C2=CCCC3=C2N(c2ccccc2C2C=CC=CC32)C1c1ccc(C2=NC(C3=CCCC=C3)CC(C3C=CC(C4C=CC=CC4)=CC3)N2)cc1. The van der Waals surface area contributed by atoms with Crippen LogP contribution in [0.15, 0.2) is 173 Å². The van der Waals surface area contributed by atoms with E-state index in [2.05, 4.69) is 162 Å². The maximum Gasteiger partial charge on any atom is 0.132 e. The van der Waals surface area contributed by atoms with E-state index in [1.54, 1.807) is 5.57 Å². The van der Waals surface area contributed by atoms with Gasteiger partial charge in [-0.1, -0.05) is 134 Å². The van der Waals surface area contributed by atoms with Crippen molar-refractivity contribution in [2.45, 2.75) is 69.1 Å². The Kier molecular flexibility index (Phi) is 8.00. The molecule has 52 heavy (non-hydrogen) atoms. The summed E-state index contributed by atoms with van der Waals surface area (Å²) in [6.07, 6.45) is 43.0. The molecule has 0 aromatic heterocycles. The number of rotatable bonds is 5. The standard InChI is InChI=1S/C48H48N4/c1-51-45-22-12-20-41-39-18-9-8-17-38(39)40-19-10-11-21-44(40)52(46(41)45)48(51)37-29-27-36(28-30-37)47-49-42(34-15-6-3-7-16-34)31-43(50-47)35-25-23-33(24-26-35)32-13-4-2-5-14-32/h2,4-6,8-11,13,15-19,21-25,27-30,32,35,38-39,42-43,48H,3,7,12,14,20,26,31H2,1H3,(H,49,50). The molecule has 0 saturated carbocycles. The van der Waals surface area contributed by atoms with Crippen LogP contribution in [0.3, 0.4) is 0 Å². The van der Waals surface area contributed by atoms with Crippen molar-refractivity contribution in [3.8, 4) is 0 Å². The second kappa shape index (κ2) is 13.2. The van der Waals surface area contributed by atoms with Crippen molar-refractivity contribution in [1.29, 1.82) is 0 Å². The molecule has 1 fully saturated rings. The van der Waals surface area contributed by atoms with Gasteiger partial charge in [0.1, 0.15) is 12.0 Å². The average molecular weight is 681 g/mol. The first-order valence-electron chi connectivity index (χ1n) is 19.6. The number of allylic oxidation sites excluding steroid dienone is 15. The van der Waals surface area contributed by atoms with Crippen molar-refractivity contribution in [1.82, 2.24) is 10.2 Å². The number of fused-ring (bicyclic) bond motifs is 5. The Labute approximate surface area is 309 Å². The number of hydrogen-bond acceptors (Lipinski definition) is 4. The molecule has 0 spiro atoms. The van der Waals surface area contributed by atoms with E-state index >= 15 is 0 Å². The van der Waals surface area contributed by atoms with Gasteiger partial charge in [-0.05, 0) is 78.9 Å². The van der Waals surface area contributed by atoms with E-state index < -0.39 is 0 Å². The summed E-state index contributed by atoms with van der Waals surface area (Å²) in [4.78, 5) is 10.6. The molecule has 3 aliphatic heterocycles. The molecular weight excluding hydrogens is 633 g/mol. The van der Waals surface area contributed by atoms with Crippen LogP contribution in [0.25, 0.3) is 0 Å². The Balaban J connectivity index is 0.974. The van der Waals surface area contributed by atoms with Crippen LogP contribution in [0.1, 0.15) is 73.7 Å². The molecule has 3 heterocycles. The van der Waals surface area contributed by atoms with Gasteiger partial charge in [0.25, 0.3) is 0 Å². The predicted octanol–water partition coefficient (Wildman–Crippen LogP) is 10.3. The molecular formula is C48H48N4. The molecule has 10 rings (SSSR count). The van der Waals surface area contributed by atoms with Crippen molar-refractivity contribution in [2.24, 2.45) is 22.7 Å². The monoisotopic (exact) mass is 680 g/mol. The van der Waals surface area contributed by atoms with E-state index in [1.807, 2.05) is 0 Å². The molecule has 1 N–H and O–H groups in total. The third-order valence-electron chi connectivity index (χ3n) is 12.7. The average Bonchev–Trinajstić information content (AvgIpc) is 3.46. The van der Waals surface area contributed by atoms with Crippen LogP contribution in [0.2, 0.25) is 0 Å². The van der Waals surface area contributed by atoms with Crippen molar-refractivity contribution < 1.29 is 0 Å². The van der Waals surface area contributed by atoms with Crippen LogP contribution < -0.4 is 10.2 Å². The molecule has 0 bridgehead atoms. The van der Waals surface area contributed by atoms with E-state index in [4.69, 9.17) is 4.99 Å². The van der Waals surface area contributed by atoms with Gasteiger partial charge in [-0.3, -0.25) is 4.99 Å². The van der Waals surface area contributed by atoms with Crippen LogP contribution >= 0.6 is 0 Å². The molecule has 5 aliphatic carbocycles. The van der Waals surface area contributed by atoms with E-state index in [0.29, 0.717) is 29.7 Å².